The minimum atomic E-state index is -0.503. The highest BCUT2D eigenvalue weighted by atomic mass is 16.6. The molecule has 3 nitrogen and oxygen atoms in total. The van der Waals surface area contributed by atoms with E-state index >= 15 is 0 Å². The van der Waals surface area contributed by atoms with Gasteiger partial charge in [-0.25, -0.2) is 4.79 Å². The van der Waals surface area contributed by atoms with Gasteiger partial charge in [0, 0.05) is 11.5 Å². The zero-order chi connectivity index (χ0) is 18.3. The summed E-state index contributed by atoms with van der Waals surface area (Å²) in [6, 6.07) is 18.4. The molecule has 4 rings (SSSR count). The number of ether oxygens (including phenoxy) is 1. The molecule has 3 heteroatoms. The van der Waals surface area contributed by atoms with E-state index < -0.39 is 5.60 Å². The normalized spacial score (nSPS) is 23.2. The first-order valence-electron chi connectivity index (χ1n) is 9.11. The summed E-state index contributed by atoms with van der Waals surface area (Å²) < 4.78 is 5.68. The molecule has 2 heterocycles. The largest absolute Gasteiger partial charge is 0.444 e. The fourth-order valence-electron chi connectivity index (χ4n) is 3.99. The van der Waals surface area contributed by atoms with Crippen molar-refractivity contribution in [2.24, 2.45) is 5.92 Å². The SMILES string of the molecule is CC(C)(C)OC(=O)N1C2CC(C#Cc3ccccc3)C1c1ccccc12. The van der Waals surface area contributed by atoms with Gasteiger partial charge in [0.15, 0.2) is 0 Å². The maximum absolute atomic E-state index is 12.9. The Labute approximate surface area is 155 Å². The van der Waals surface area contributed by atoms with Crippen LogP contribution in [0.5, 0.6) is 0 Å². The topological polar surface area (TPSA) is 29.5 Å². The van der Waals surface area contributed by atoms with Crippen molar-refractivity contribution in [2.75, 3.05) is 0 Å². The molecule has 2 aliphatic rings. The molecule has 2 aliphatic heterocycles. The zero-order valence-corrected chi connectivity index (χ0v) is 15.4. The Bertz CT molecular complexity index is 886. The third-order valence-electron chi connectivity index (χ3n) is 4.95. The van der Waals surface area contributed by atoms with E-state index in [4.69, 9.17) is 4.74 Å². The summed E-state index contributed by atoms with van der Waals surface area (Å²) in [5.74, 6) is 6.83. The summed E-state index contributed by atoms with van der Waals surface area (Å²) >= 11 is 0. The summed E-state index contributed by atoms with van der Waals surface area (Å²) in [7, 11) is 0. The van der Waals surface area contributed by atoms with Crippen molar-refractivity contribution >= 4 is 6.09 Å². The number of hydrogen-bond donors (Lipinski definition) is 0. The van der Waals surface area contributed by atoms with Crippen LogP contribution in [-0.2, 0) is 4.74 Å². The molecule has 3 atom stereocenters. The van der Waals surface area contributed by atoms with Gasteiger partial charge >= 0.3 is 6.09 Å². The molecule has 0 aromatic heterocycles. The number of carbonyl (C=O) groups excluding carboxylic acids is 1. The predicted octanol–water partition coefficient (Wildman–Crippen LogP) is 5.09. The first-order valence-corrected chi connectivity index (χ1v) is 9.11. The van der Waals surface area contributed by atoms with Crippen LogP contribution in [0.25, 0.3) is 0 Å². The van der Waals surface area contributed by atoms with Crippen molar-refractivity contribution in [3.8, 4) is 11.8 Å². The Balaban J connectivity index is 1.66. The van der Waals surface area contributed by atoms with Gasteiger partial charge in [0.05, 0.1) is 12.1 Å². The number of rotatable bonds is 0. The van der Waals surface area contributed by atoms with Crippen molar-refractivity contribution in [1.29, 1.82) is 0 Å². The van der Waals surface area contributed by atoms with Crippen LogP contribution < -0.4 is 0 Å². The van der Waals surface area contributed by atoms with Gasteiger partial charge in [-0.3, -0.25) is 4.90 Å². The van der Waals surface area contributed by atoms with Crippen LogP contribution in [0.1, 0.15) is 56.0 Å². The molecule has 0 aliphatic carbocycles. The van der Waals surface area contributed by atoms with Crippen LogP contribution in [0.2, 0.25) is 0 Å². The van der Waals surface area contributed by atoms with Crippen molar-refractivity contribution in [1.82, 2.24) is 4.90 Å². The first-order chi connectivity index (χ1) is 12.4. The van der Waals surface area contributed by atoms with Crippen LogP contribution in [0, 0.1) is 17.8 Å². The average Bonchev–Trinajstić information content (AvgIpc) is 3.14. The lowest BCUT2D eigenvalue weighted by Gasteiger charge is -2.28. The molecule has 1 fully saturated rings. The molecule has 1 saturated heterocycles. The van der Waals surface area contributed by atoms with Crippen LogP contribution >= 0.6 is 0 Å². The number of benzene rings is 2. The van der Waals surface area contributed by atoms with Gasteiger partial charge in [-0.2, -0.15) is 0 Å². The molecule has 2 aromatic carbocycles. The standard InChI is InChI=1S/C23H23NO2/c1-23(2,3)26-22(25)24-20-15-17(14-13-16-9-5-4-6-10-16)21(24)19-12-8-7-11-18(19)20/h4-12,17,20-21H,15H2,1-3H3. The van der Waals surface area contributed by atoms with Crippen molar-refractivity contribution in [3.63, 3.8) is 0 Å². The molecule has 2 aromatic rings. The maximum Gasteiger partial charge on any atom is 0.411 e. The molecule has 0 N–H and O–H groups in total. The fraction of sp³-hybridized carbons (Fsp3) is 0.348. The lowest BCUT2D eigenvalue weighted by atomic mass is 9.84. The number of nitrogens with zero attached hydrogens (tertiary/aromatic N) is 1. The molecule has 1 amide bonds. The van der Waals surface area contributed by atoms with Gasteiger partial charge in [-0.05, 0) is 50.5 Å². The summed E-state index contributed by atoms with van der Waals surface area (Å²) in [4.78, 5) is 14.8. The average molecular weight is 345 g/mol. The maximum atomic E-state index is 12.9. The van der Waals surface area contributed by atoms with E-state index in [-0.39, 0.29) is 24.1 Å². The van der Waals surface area contributed by atoms with Gasteiger partial charge in [0.1, 0.15) is 5.60 Å². The number of amides is 1. The Morgan fingerprint density at radius 1 is 1.04 bits per heavy atom. The molecule has 0 saturated carbocycles. The quantitative estimate of drug-likeness (QED) is 0.622. The van der Waals surface area contributed by atoms with Gasteiger partial charge in [-0.1, -0.05) is 54.3 Å². The number of carbonyl (C=O) groups is 1. The Kier molecular flexibility index (Phi) is 4.00. The minimum Gasteiger partial charge on any atom is -0.444 e. The van der Waals surface area contributed by atoms with Crippen molar-refractivity contribution in [2.45, 2.75) is 44.9 Å². The second kappa shape index (κ2) is 6.21. The van der Waals surface area contributed by atoms with Crippen LogP contribution in [-0.4, -0.2) is 16.6 Å². The fourth-order valence-corrected chi connectivity index (χ4v) is 3.99. The minimum absolute atomic E-state index is 0.0257. The third kappa shape index (κ3) is 2.97. The lowest BCUT2D eigenvalue weighted by Crippen LogP contribution is -2.35. The van der Waals surface area contributed by atoms with Crippen LogP contribution in [0.3, 0.4) is 0 Å². The molecular weight excluding hydrogens is 322 g/mol. The van der Waals surface area contributed by atoms with Crippen LogP contribution in [0.4, 0.5) is 4.79 Å². The number of hydrogen-bond acceptors (Lipinski definition) is 2. The molecular formula is C23H23NO2. The second-order valence-electron chi connectivity index (χ2n) is 7.95. The van der Waals surface area contributed by atoms with Crippen LogP contribution in [0.15, 0.2) is 54.6 Å². The highest BCUT2D eigenvalue weighted by Gasteiger charge is 2.52. The van der Waals surface area contributed by atoms with Gasteiger partial charge in [0.2, 0.25) is 0 Å². The van der Waals surface area contributed by atoms with E-state index in [0.717, 1.165) is 12.0 Å². The van der Waals surface area contributed by atoms with E-state index in [0.29, 0.717) is 0 Å². The molecule has 132 valence electrons. The Morgan fingerprint density at radius 3 is 2.38 bits per heavy atom. The molecule has 3 unspecified atom stereocenters. The third-order valence-corrected chi connectivity index (χ3v) is 4.95. The Morgan fingerprint density at radius 2 is 1.69 bits per heavy atom. The van der Waals surface area contributed by atoms with Crippen molar-refractivity contribution in [3.05, 3.63) is 71.3 Å². The summed E-state index contributed by atoms with van der Waals surface area (Å²) in [6.45, 7) is 5.72. The second-order valence-corrected chi connectivity index (χ2v) is 7.95. The van der Waals surface area contributed by atoms with E-state index in [1.54, 1.807) is 0 Å². The smallest absolute Gasteiger partial charge is 0.411 e. The first kappa shape index (κ1) is 16.7. The highest BCUT2D eigenvalue weighted by molar-refractivity contribution is 5.72. The van der Waals surface area contributed by atoms with E-state index in [1.807, 2.05) is 68.1 Å². The van der Waals surface area contributed by atoms with E-state index in [1.165, 1.54) is 11.1 Å². The van der Waals surface area contributed by atoms with Crippen molar-refractivity contribution < 1.29 is 9.53 Å². The van der Waals surface area contributed by atoms with E-state index in [2.05, 4.69) is 24.0 Å². The molecule has 0 radical (unpaired) electrons. The molecule has 2 bridgehead atoms. The van der Waals surface area contributed by atoms with Gasteiger partial charge < -0.3 is 4.74 Å². The summed E-state index contributed by atoms with van der Waals surface area (Å²) in [5, 5.41) is 0. The van der Waals surface area contributed by atoms with E-state index in [9.17, 15) is 4.79 Å². The highest BCUT2D eigenvalue weighted by Crippen LogP contribution is 2.56. The molecule has 0 spiro atoms. The zero-order valence-electron chi connectivity index (χ0n) is 15.4. The summed E-state index contributed by atoms with van der Waals surface area (Å²) in [6.07, 6.45) is 0.619. The predicted molar refractivity (Wildman–Crippen MR) is 101 cm³/mol. The van der Waals surface area contributed by atoms with Gasteiger partial charge in [0.25, 0.3) is 0 Å². The summed E-state index contributed by atoms with van der Waals surface area (Å²) in [5.41, 5.74) is 2.95. The molecule has 26 heavy (non-hydrogen) atoms. The lowest BCUT2D eigenvalue weighted by molar-refractivity contribution is 0.0170. The monoisotopic (exact) mass is 345 g/mol. The Hall–Kier alpha value is -2.73. The van der Waals surface area contributed by atoms with Gasteiger partial charge in [-0.15, -0.1) is 0 Å². The number of fused-ring (bicyclic) bond motifs is 5.